The number of thiol groups is 1. The molecule has 0 saturated heterocycles. The Kier molecular flexibility index (Phi) is 9.41. The molecule has 1 aromatic carbocycles. The van der Waals surface area contributed by atoms with Crippen LogP contribution in [0.15, 0.2) is 18.2 Å². The maximum absolute atomic E-state index is 12.4. The monoisotopic (exact) mass is 369 g/mol. The number of ether oxygens (including phenoxy) is 2. The molecule has 0 atom stereocenters. The van der Waals surface area contributed by atoms with E-state index in [1.165, 1.54) is 6.07 Å². The normalized spacial score (nSPS) is 10.1. The van der Waals surface area contributed by atoms with Gasteiger partial charge in [0, 0.05) is 0 Å². The van der Waals surface area contributed by atoms with Gasteiger partial charge in [-0.3, -0.25) is 0 Å². The molecule has 0 saturated carbocycles. The summed E-state index contributed by atoms with van der Waals surface area (Å²) in [5, 5.41) is 2.79. The van der Waals surface area contributed by atoms with E-state index in [9.17, 15) is 9.59 Å². The number of hydrogen-bond acceptors (Lipinski definition) is 5. The zero-order valence-corrected chi connectivity index (χ0v) is 15.7. The fourth-order valence-corrected chi connectivity index (χ4v) is 2.16. The van der Waals surface area contributed by atoms with E-state index in [1.807, 2.05) is 13.8 Å². The van der Waals surface area contributed by atoms with Crippen LogP contribution in [0.5, 0.6) is 0 Å². The zero-order chi connectivity index (χ0) is 17.9. The lowest BCUT2D eigenvalue weighted by molar-refractivity contribution is 0.0453. The van der Waals surface area contributed by atoms with Gasteiger partial charge < -0.3 is 14.8 Å². The summed E-state index contributed by atoms with van der Waals surface area (Å²) in [7, 11) is 0. The number of carbonyl (C=O) groups is 2. The second-order valence-corrected chi connectivity index (χ2v) is 6.30. The first-order valence-electron chi connectivity index (χ1n) is 7.98. The van der Waals surface area contributed by atoms with Crippen molar-refractivity contribution in [2.24, 2.45) is 0 Å². The molecule has 0 bridgehead atoms. The molecule has 0 fully saturated rings. The molecular formula is C17H23NO4S2. The number of nitrogens with one attached hydrogen (secondary N) is 1. The standard InChI is InChI=1S/C17H23NO4S2/c1-3-5-10-21-15(19)12-8-7-9-13(18-17(23)24)14(12)16(20)22-11-6-4-2/h7-9H,3-6,10-11H2,1-2H3,(H2,18,23,24). The maximum atomic E-state index is 12.4. The Morgan fingerprint density at radius 2 is 1.67 bits per heavy atom. The largest absolute Gasteiger partial charge is 0.462 e. The van der Waals surface area contributed by atoms with Gasteiger partial charge >= 0.3 is 11.9 Å². The van der Waals surface area contributed by atoms with Gasteiger partial charge in [0.2, 0.25) is 0 Å². The lowest BCUT2D eigenvalue weighted by Crippen LogP contribution is -2.18. The predicted octanol–water partition coefficient (Wildman–Crippen LogP) is 4.23. The Hall–Kier alpha value is -1.60. The van der Waals surface area contributed by atoms with E-state index >= 15 is 0 Å². The molecule has 0 heterocycles. The number of benzene rings is 1. The van der Waals surface area contributed by atoms with Crippen molar-refractivity contribution >= 4 is 46.8 Å². The number of unbranched alkanes of at least 4 members (excludes halogenated alkanes) is 2. The van der Waals surface area contributed by atoms with Crippen molar-refractivity contribution in [2.45, 2.75) is 39.5 Å². The van der Waals surface area contributed by atoms with E-state index in [2.05, 4.69) is 17.9 Å². The van der Waals surface area contributed by atoms with E-state index in [1.54, 1.807) is 12.1 Å². The Bertz CT molecular complexity index is 590. The topological polar surface area (TPSA) is 64.6 Å². The van der Waals surface area contributed by atoms with Gasteiger partial charge in [0.1, 0.15) is 4.32 Å². The van der Waals surface area contributed by atoms with Crippen molar-refractivity contribution in [1.82, 2.24) is 0 Å². The number of hydrogen-bond donors (Lipinski definition) is 2. The van der Waals surface area contributed by atoms with Gasteiger partial charge in [0.15, 0.2) is 0 Å². The molecule has 7 heteroatoms. The van der Waals surface area contributed by atoms with E-state index in [0.717, 1.165) is 25.7 Å². The first-order valence-corrected chi connectivity index (χ1v) is 8.84. The van der Waals surface area contributed by atoms with E-state index in [-0.39, 0.29) is 15.4 Å². The molecule has 1 aromatic rings. The lowest BCUT2D eigenvalue weighted by atomic mass is 10.1. The van der Waals surface area contributed by atoms with Gasteiger partial charge in [-0.25, -0.2) is 9.59 Å². The molecule has 0 spiro atoms. The number of rotatable bonds is 9. The van der Waals surface area contributed by atoms with E-state index in [0.29, 0.717) is 18.9 Å². The minimum atomic E-state index is -0.585. The number of esters is 2. The zero-order valence-electron chi connectivity index (χ0n) is 14.0. The van der Waals surface area contributed by atoms with Gasteiger partial charge in [-0.2, -0.15) is 0 Å². The third kappa shape index (κ3) is 6.49. The van der Waals surface area contributed by atoms with Crippen molar-refractivity contribution in [2.75, 3.05) is 18.5 Å². The van der Waals surface area contributed by atoms with Crippen molar-refractivity contribution in [3.8, 4) is 0 Å². The van der Waals surface area contributed by atoms with Crippen LogP contribution in [0.1, 0.15) is 60.2 Å². The molecule has 0 radical (unpaired) electrons. The summed E-state index contributed by atoms with van der Waals surface area (Å²) < 4.78 is 10.7. The van der Waals surface area contributed by atoms with E-state index < -0.39 is 11.9 Å². The summed E-state index contributed by atoms with van der Waals surface area (Å²) in [6.07, 6.45) is 3.33. The highest BCUT2D eigenvalue weighted by Gasteiger charge is 2.23. The van der Waals surface area contributed by atoms with Crippen LogP contribution in [0.4, 0.5) is 5.69 Å². The Morgan fingerprint density at radius 1 is 1.08 bits per heavy atom. The molecule has 132 valence electrons. The van der Waals surface area contributed by atoms with Crippen LogP contribution in [0.3, 0.4) is 0 Å². The average Bonchev–Trinajstić information content (AvgIpc) is 2.54. The molecule has 1 N–H and O–H groups in total. The van der Waals surface area contributed by atoms with Crippen LogP contribution < -0.4 is 5.32 Å². The van der Waals surface area contributed by atoms with Crippen molar-refractivity contribution in [1.29, 1.82) is 0 Å². The predicted molar refractivity (Wildman–Crippen MR) is 102 cm³/mol. The maximum Gasteiger partial charge on any atom is 0.341 e. The number of thiocarbonyl (C=S) groups is 1. The van der Waals surface area contributed by atoms with Crippen molar-refractivity contribution < 1.29 is 19.1 Å². The van der Waals surface area contributed by atoms with Crippen LogP contribution in [-0.2, 0) is 9.47 Å². The molecule has 0 aromatic heterocycles. The Balaban J connectivity index is 3.09. The van der Waals surface area contributed by atoms with Crippen LogP contribution in [0.2, 0.25) is 0 Å². The summed E-state index contributed by atoms with van der Waals surface area (Å²) in [4.78, 5) is 24.7. The third-order valence-corrected chi connectivity index (χ3v) is 3.41. The van der Waals surface area contributed by atoms with Crippen LogP contribution in [0, 0.1) is 0 Å². The fraction of sp³-hybridized carbons (Fsp3) is 0.471. The SMILES string of the molecule is CCCCOC(=O)c1cccc(NC(=S)S)c1C(=O)OCCCC. The molecule has 5 nitrogen and oxygen atoms in total. The Morgan fingerprint density at radius 3 is 2.21 bits per heavy atom. The van der Waals surface area contributed by atoms with Gasteiger partial charge in [-0.1, -0.05) is 45.0 Å². The molecule has 1 rings (SSSR count). The summed E-state index contributed by atoms with van der Waals surface area (Å²) >= 11 is 8.93. The first-order chi connectivity index (χ1) is 11.5. The Labute approximate surface area is 153 Å². The average molecular weight is 370 g/mol. The molecule has 0 unspecified atom stereocenters. The molecule has 0 amide bonds. The minimum Gasteiger partial charge on any atom is -0.462 e. The summed E-state index contributed by atoms with van der Waals surface area (Å²) in [6, 6.07) is 4.83. The third-order valence-electron chi connectivity index (χ3n) is 3.19. The quantitative estimate of drug-likeness (QED) is 0.294. The smallest absolute Gasteiger partial charge is 0.341 e. The molecule has 24 heavy (non-hydrogen) atoms. The highest BCUT2D eigenvalue weighted by molar-refractivity contribution is 8.11. The summed E-state index contributed by atoms with van der Waals surface area (Å²) in [5.74, 6) is -1.14. The van der Waals surface area contributed by atoms with Crippen molar-refractivity contribution in [3.63, 3.8) is 0 Å². The number of carbonyl (C=O) groups excluding carboxylic acids is 2. The highest BCUT2D eigenvalue weighted by Crippen LogP contribution is 2.23. The van der Waals surface area contributed by atoms with Crippen molar-refractivity contribution in [3.05, 3.63) is 29.3 Å². The highest BCUT2D eigenvalue weighted by atomic mass is 32.1. The molecular weight excluding hydrogens is 346 g/mol. The van der Waals surface area contributed by atoms with Crippen LogP contribution in [0.25, 0.3) is 0 Å². The summed E-state index contributed by atoms with van der Waals surface area (Å²) in [5.41, 5.74) is 0.648. The second-order valence-electron chi connectivity index (χ2n) is 5.14. The minimum absolute atomic E-state index is 0.117. The first kappa shape index (κ1) is 20.4. The lowest BCUT2D eigenvalue weighted by Gasteiger charge is -2.14. The van der Waals surface area contributed by atoms with Crippen LogP contribution >= 0.6 is 24.8 Å². The molecule has 0 aliphatic carbocycles. The van der Waals surface area contributed by atoms with Gasteiger partial charge in [0.05, 0.1) is 30.0 Å². The van der Waals surface area contributed by atoms with Gasteiger partial charge in [-0.15, -0.1) is 12.6 Å². The van der Waals surface area contributed by atoms with Gasteiger partial charge in [0.25, 0.3) is 0 Å². The fourth-order valence-electron chi connectivity index (χ4n) is 1.93. The van der Waals surface area contributed by atoms with E-state index in [4.69, 9.17) is 21.7 Å². The second kappa shape index (κ2) is 11.0. The van der Waals surface area contributed by atoms with Crippen LogP contribution in [-0.4, -0.2) is 29.5 Å². The molecule has 0 aliphatic heterocycles. The molecule has 0 aliphatic rings. The van der Waals surface area contributed by atoms with Gasteiger partial charge in [-0.05, 0) is 25.0 Å². The number of anilines is 1. The summed E-state index contributed by atoms with van der Waals surface area (Å²) in [6.45, 7) is 4.60.